The van der Waals surface area contributed by atoms with E-state index < -0.39 is 10.0 Å². The Morgan fingerprint density at radius 3 is 2.72 bits per heavy atom. The van der Waals surface area contributed by atoms with Crippen LogP contribution in [0.2, 0.25) is 0 Å². The smallest absolute Gasteiger partial charge is 0.217 e. The Balaban J connectivity index is 2.02. The van der Waals surface area contributed by atoms with Crippen LogP contribution in [0.5, 0.6) is 0 Å². The fourth-order valence-corrected chi connectivity index (χ4v) is 3.73. The summed E-state index contributed by atoms with van der Waals surface area (Å²) in [5, 5.41) is 6.93. The lowest BCUT2D eigenvalue weighted by Crippen LogP contribution is -2.52. The van der Waals surface area contributed by atoms with Gasteiger partial charge in [0.05, 0.1) is 0 Å². The second kappa shape index (κ2) is 4.99. The van der Waals surface area contributed by atoms with Crippen LogP contribution in [0, 0.1) is 6.92 Å². The molecule has 1 aromatic heterocycles. The molecule has 102 valence electrons. The van der Waals surface area contributed by atoms with E-state index in [0.717, 1.165) is 25.9 Å². The second-order valence-corrected chi connectivity index (χ2v) is 6.82. The molecule has 0 aromatic carbocycles. The molecule has 1 aliphatic heterocycles. The quantitative estimate of drug-likeness (QED) is 0.836. The Morgan fingerprint density at radius 2 is 2.17 bits per heavy atom. The Kier molecular flexibility index (Phi) is 3.74. The van der Waals surface area contributed by atoms with Gasteiger partial charge in [-0.05, 0) is 39.8 Å². The van der Waals surface area contributed by atoms with Crippen LogP contribution >= 0.6 is 0 Å². The van der Waals surface area contributed by atoms with E-state index in [4.69, 9.17) is 4.52 Å². The van der Waals surface area contributed by atoms with Crippen LogP contribution in [-0.4, -0.2) is 32.2 Å². The van der Waals surface area contributed by atoms with Crippen molar-refractivity contribution in [1.82, 2.24) is 15.2 Å². The van der Waals surface area contributed by atoms with Crippen molar-refractivity contribution < 1.29 is 12.9 Å². The summed E-state index contributed by atoms with van der Waals surface area (Å²) in [6.45, 7) is 5.36. The molecule has 0 atom stereocenters. The molecule has 1 fully saturated rings. The molecule has 0 bridgehead atoms. The Bertz CT molecular complexity index is 503. The molecule has 0 radical (unpaired) electrons. The standard InChI is InChI=1S/C11H19N3O3S/c1-9-7-10(13-17-9)8-18(15,16)14-11(2)3-5-12-6-4-11/h7,12,14H,3-6,8H2,1-2H3. The summed E-state index contributed by atoms with van der Waals surface area (Å²) in [4.78, 5) is 0. The molecule has 0 aliphatic carbocycles. The monoisotopic (exact) mass is 273 g/mol. The van der Waals surface area contributed by atoms with Crippen molar-refractivity contribution in [3.8, 4) is 0 Å². The first-order valence-electron chi connectivity index (χ1n) is 6.03. The van der Waals surface area contributed by atoms with E-state index in [1.807, 2.05) is 6.92 Å². The minimum Gasteiger partial charge on any atom is -0.361 e. The number of rotatable bonds is 4. The number of piperidine rings is 1. The van der Waals surface area contributed by atoms with Gasteiger partial charge >= 0.3 is 0 Å². The van der Waals surface area contributed by atoms with Crippen molar-refractivity contribution in [1.29, 1.82) is 0 Å². The summed E-state index contributed by atoms with van der Waals surface area (Å²) >= 11 is 0. The lowest BCUT2D eigenvalue weighted by molar-refractivity contribution is 0.307. The van der Waals surface area contributed by atoms with Crippen molar-refractivity contribution in [2.24, 2.45) is 0 Å². The van der Waals surface area contributed by atoms with Gasteiger partial charge in [-0.3, -0.25) is 0 Å². The normalized spacial score (nSPS) is 19.9. The first kappa shape index (κ1) is 13.5. The zero-order valence-electron chi connectivity index (χ0n) is 10.7. The third-order valence-corrected chi connectivity index (χ3v) is 4.60. The zero-order chi connectivity index (χ0) is 13.2. The highest BCUT2D eigenvalue weighted by atomic mass is 32.2. The van der Waals surface area contributed by atoms with Gasteiger partial charge in [-0.25, -0.2) is 13.1 Å². The maximum absolute atomic E-state index is 12.1. The minimum absolute atomic E-state index is 0.132. The predicted octanol–water partition coefficient (Wildman–Crippen LogP) is 0.545. The topological polar surface area (TPSA) is 84.2 Å². The summed E-state index contributed by atoms with van der Waals surface area (Å²) < 4.78 is 31.8. The maximum atomic E-state index is 12.1. The van der Waals surface area contributed by atoms with E-state index in [-0.39, 0.29) is 11.3 Å². The van der Waals surface area contributed by atoms with Crippen LogP contribution in [-0.2, 0) is 15.8 Å². The molecule has 2 rings (SSSR count). The van der Waals surface area contributed by atoms with Crippen LogP contribution in [0.3, 0.4) is 0 Å². The summed E-state index contributed by atoms with van der Waals surface area (Å²) in [5.41, 5.74) is 0.0839. The number of hydrogen-bond donors (Lipinski definition) is 2. The van der Waals surface area contributed by atoms with Gasteiger partial charge in [0.1, 0.15) is 17.2 Å². The number of nitrogens with zero attached hydrogens (tertiary/aromatic N) is 1. The molecule has 2 N–H and O–H groups in total. The van der Waals surface area contributed by atoms with Crippen LogP contribution < -0.4 is 10.0 Å². The molecule has 1 aliphatic rings. The van der Waals surface area contributed by atoms with E-state index in [0.29, 0.717) is 11.5 Å². The molecule has 0 amide bonds. The second-order valence-electron chi connectivity index (χ2n) is 5.10. The third-order valence-electron chi connectivity index (χ3n) is 3.12. The van der Waals surface area contributed by atoms with E-state index in [1.165, 1.54) is 0 Å². The molecule has 6 nitrogen and oxygen atoms in total. The lowest BCUT2D eigenvalue weighted by Gasteiger charge is -2.34. The van der Waals surface area contributed by atoms with Gasteiger partial charge < -0.3 is 9.84 Å². The van der Waals surface area contributed by atoms with Gasteiger partial charge in [0, 0.05) is 11.6 Å². The average molecular weight is 273 g/mol. The Morgan fingerprint density at radius 1 is 1.50 bits per heavy atom. The molecule has 1 aromatic rings. The fraction of sp³-hybridized carbons (Fsp3) is 0.727. The maximum Gasteiger partial charge on any atom is 0.217 e. The molecule has 18 heavy (non-hydrogen) atoms. The highest BCUT2D eigenvalue weighted by Gasteiger charge is 2.31. The largest absolute Gasteiger partial charge is 0.361 e. The fourth-order valence-electron chi connectivity index (χ4n) is 2.17. The minimum atomic E-state index is -3.38. The summed E-state index contributed by atoms with van der Waals surface area (Å²) in [6.07, 6.45) is 1.59. The molecule has 7 heteroatoms. The molecule has 0 unspecified atom stereocenters. The molecule has 2 heterocycles. The van der Waals surface area contributed by atoms with E-state index in [1.54, 1.807) is 13.0 Å². The molecule has 0 saturated carbocycles. The van der Waals surface area contributed by atoms with Crippen LogP contribution in [0.25, 0.3) is 0 Å². The van der Waals surface area contributed by atoms with E-state index >= 15 is 0 Å². The number of sulfonamides is 1. The van der Waals surface area contributed by atoms with Gasteiger partial charge in [-0.15, -0.1) is 0 Å². The lowest BCUT2D eigenvalue weighted by atomic mass is 9.92. The number of aromatic nitrogens is 1. The first-order chi connectivity index (χ1) is 8.39. The predicted molar refractivity (Wildman–Crippen MR) is 67.5 cm³/mol. The van der Waals surface area contributed by atoms with Crippen LogP contribution in [0.1, 0.15) is 31.2 Å². The van der Waals surface area contributed by atoms with E-state index in [2.05, 4.69) is 15.2 Å². The molecule has 1 saturated heterocycles. The SMILES string of the molecule is Cc1cc(CS(=O)(=O)NC2(C)CCNCC2)no1. The van der Waals surface area contributed by atoms with E-state index in [9.17, 15) is 8.42 Å². The van der Waals surface area contributed by atoms with Crippen LogP contribution in [0.4, 0.5) is 0 Å². The first-order valence-corrected chi connectivity index (χ1v) is 7.68. The number of aryl methyl sites for hydroxylation is 1. The summed E-state index contributed by atoms with van der Waals surface area (Å²) in [5.74, 6) is 0.487. The molecule has 0 spiro atoms. The Labute approximate surface area is 107 Å². The van der Waals surface area contributed by atoms with Gasteiger partial charge in [-0.1, -0.05) is 5.16 Å². The van der Waals surface area contributed by atoms with Crippen molar-refractivity contribution >= 4 is 10.0 Å². The highest BCUT2D eigenvalue weighted by Crippen LogP contribution is 2.19. The van der Waals surface area contributed by atoms with Crippen molar-refractivity contribution in [2.75, 3.05) is 13.1 Å². The van der Waals surface area contributed by atoms with Gasteiger partial charge in [0.2, 0.25) is 10.0 Å². The van der Waals surface area contributed by atoms with Crippen molar-refractivity contribution in [3.63, 3.8) is 0 Å². The zero-order valence-corrected chi connectivity index (χ0v) is 11.5. The summed E-state index contributed by atoms with van der Waals surface area (Å²) in [6, 6.07) is 1.64. The highest BCUT2D eigenvalue weighted by molar-refractivity contribution is 7.88. The Hall–Kier alpha value is -0.920. The van der Waals surface area contributed by atoms with Gasteiger partial charge in [0.25, 0.3) is 0 Å². The third kappa shape index (κ3) is 3.54. The van der Waals surface area contributed by atoms with Crippen LogP contribution in [0.15, 0.2) is 10.6 Å². The number of nitrogens with one attached hydrogen (secondary N) is 2. The van der Waals surface area contributed by atoms with Crippen molar-refractivity contribution in [3.05, 3.63) is 17.5 Å². The molecular weight excluding hydrogens is 254 g/mol. The average Bonchev–Trinajstić information content (AvgIpc) is 2.62. The number of hydrogen-bond acceptors (Lipinski definition) is 5. The molecular formula is C11H19N3O3S. The van der Waals surface area contributed by atoms with Gasteiger partial charge in [0.15, 0.2) is 0 Å². The van der Waals surface area contributed by atoms with Crippen molar-refractivity contribution in [2.45, 2.75) is 38.0 Å². The van der Waals surface area contributed by atoms with Gasteiger partial charge in [-0.2, -0.15) is 0 Å². The summed E-state index contributed by atoms with van der Waals surface area (Å²) in [7, 11) is -3.38.